The summed E-state index contributed by atoms with van der Waals surface area (Å²) in [6, 6.07) is 7.12. The SMILES string of the molecule is Cc1c(CNC(=O)CC2NC(=O)c3ccccc32)cnn1C. The summed E-state index contributed by atoms with van der Waals surface area (Å²) in [6.07, 6.45) is 1.99. The quantitative estimate of drug-likeness (QED) is 0.891. The number of carbonyl (C=O) groups excluding carboxylic acids is 2. The maximum absolute atomic E-state index is 12.1. The molecule has 0 fully saturated rings. The number of benzene rings is 1. The zero-order valence-electron chi connectivity index (χ0n) is 12.6. The topological polar surface area (TPSA) is 76.0 Å². The number of aryl methyl sites for hydroxylation is 1. The second-order valence-corrected chi connectivity index (χ2v) is 5.47. The van der Waals surface area contributed by atoms with Crippen molar-refractivity contribution in [2.75, 3.05) is 0 Å². The van der Waals surface area contributed by atoms with Gasteiger partial charge in [-0.05, 0) is 18.6 Å². The van der Waals surface area contributed by atoms with Crippen LogP contribution in [-0.4, -0.2) is 21.6 Å². The first kappa shape index (κ1) is 14.3. The van der Waals surface area contributed by atoms with E-state index in [1.807, 2.05) is 32.2 Å². The Balaban J connectivity index is 1.61. The van der Waals surface area contributed by atoms with Crippen LogP contribution in [0.2, 0.25) is 0 Å². The molecule has 0 aliphatic carbocycles. The number of amides is 2. The molecular weight excluding hydrogens is 280 g/mol. The van der Waals surface area contributed by atoms with Gasteiger partial charge in [-0.3, -0.25) is 14.3 Å². The van der Waals surface area contributed by atoms with Crippen LogP contribution in [0.25, 0.3) is 0 Å². The molecule has 2 amide bonds. The minimum Gasteiger partial charge on any atom is -0.352 e. The molecule has 2 heterocycles. The van der Waals surface area contributed by atoms with E-state index in [0.29, 0.717) is 12.1 Å². The molecule has 1 aliphatic heterocycles. The standard InChI is InChI=1S/C16H18N4O2/c1-10-11(9-18-20(10)2)8-17-15(21)7-14-12-5-3-4-6-13(12)16(22)19-14/h3-6,9,14H,7-8H2,1-2H3,(H,17,21)(H,19,22). The number of nitrogens with one attached hydrogen (secondary N) is 2. The third-order valence-electron chi connectivity index (χ3n) is 4.09. The van der Waals surface area contributed by atoms with Crippen molar-refractivity contribution in [3.63, 3.8) is 0 Å². The number of hydrogen-bond donors (Lipinski definition) is 2. The molecule has 2 aromatic rings. The van der Waals surface area contributed by atoms with Crippen molar-refractivity contribution in [2.45, 2.75) is 25.9 Å². The molecule has 114 valence electrons. The molecule has 2 N–H and O–H groups in total. The molecule has 0 saturated carbocycles. The Morgan fingerprint density at radius 2 is 2.18 bits per heavy atom. The lowest BCUT2D eigenvalue weighted by Crippen LogP contribution is -2.28. The van der Waals surface area contributed by atoms with Crippen molar-refractivity contribution in [3.8, 4) is 0 Å². The van der Waals surface area contributed by atoms with E-state index in [2.05, 4.69) is 15.7 Å². The van der Waals surface area contributed by atoms with Gasteiger partial charge in [0.15, 0.2) is 0 Å². The van der Waals surface area contributed by atoms with Crippen molar-refractivity contribution in [2.24, 2.45) is 7.05 Å². The van der Waals surface area contributed by atoms with Crippen molar-refractivity contribution in [1.82, 2.24) is 20.4 Å². The first-order valence-corrected chi connectivity index (χ1v) is 7.20. The van der Waals surface area contributed by atoms with Gasteiger partial charge in [0.05, 0.1) is 18.7 Å². The average Bonchev–Trinajstić information content (AvgIpc) is 2.99. The fourth-order valence-corrected chi connectivity index (χ4v) is 2.65. The lowest BCUT2D eigenvalue weighted by Gasteiger charge is -2.11. The molecule has 1 aliphatic rings. The van der Waals surface area contributed by atoms with E-state index in [9.17, 15) is 9.59 Å². The third-order valence-corrected chi connectivity index (χ3v) is 4.09. The van der Waals surface area contributed by atoms with Gasteiger partial charge in [0.25, 0.3) is 5.91 Å². The molecule has 1 aromatic carbocycles. The van der Waals surface area contributed by atoms with Gasteiger partial charge in [-0.1, -0.05) is 18.2 Å². The largest absolute Gasteiger partial charge is 0.352 e. The molecule has 22 heavy (non-hydrogen) atoms. The van der Waals surface area contributed by atoms with Crippen LogP contribution in [0.1, 0.15) is 39.6 Å². The van der Waals surface area contributed by atoms with Crippen molar-refractivity contribution in [3.05, 3.63) is 52.8 Å². The van der Waals surface area contributed by atoms with E-state index in [0.717, 1.165) is 16.8 Å². The second kappa shape index (κ2) is 5.63. The summed E-state index contributed by atoms with van der Waals surface area (Å²) in [5.41, 5.74) is 3.56. The average molecular weight is 298 g/mol. The Kier molecular flexibility index (Phi) is 3.66. The molecule has 0 radical (unpaired) electrons. The van der Waals surface area contributed by atoms with Gasteiger partial charge < -0.3 is 10.6 Å². The first-order chi connectivity index (χ1) is 10.6. The lowest BCUT2D eigenvalue weighted by atomic mass is 10.0. The Bertz CT molecular complexity index is 735. The summed E-state index contributed by atoms with van der Waals surface area (Å²) in [7, 11) is 1.87. The van der Waals surface area contributed by atoms with Crippen LogP contribution in [0, 0.1) is 6.92 Å². The van der Waals surface area contributed by atoms with Crippen LogP contribution in [0.4, 0.5) is 0 Å². The third kappa shape index (κ3) is 2.59. The Labute approximate surface area is 128 Å². The second-order valence-electron chi connectivity index (χ2n) is 5.47. The minimum absolute atomic E-state index is 0.0924. The van der Waals surface area contributed by atoms with Gasteiger partial charge in [-0.25, -0.2) is 0 Å². The van der Waals surface area contributed by atoms with E-state index < -0.39 is 0 Å². The van der Waals surface area contributed by atoms with Crippen LogP contribution in [0.3, 0.4) is 0 Å². The highest BCUT2D eigenvalue weighted by atomic mass is 16.2. The number of hydrogen-bond acceptors (Lipinski definition) is 3. The van der Waals surface area contributed by atoms with Gasteiger partial charge in [-0.15, -0.1) is 0 Å². The lowest BCUT2D eigenvalue weighted by molar-refractivity contribution is -0.121. The van der Waals surface area contributed by atoms with E-state index in [1.54, 1.807) is 16.9 Å². The maximum Gasteiger partial charge on any atom is 0.252 e. The van der Waals surface area contributed by atoms with Crippen LogP contribution in [0.5, 0.6) is 0 Å². The molecule has 6 heteroatoms. The summed E-state index contributed by atoms with van der Waals surface area (Å²) in [4.78, 5) is 23.9. The van der Waals surface area contributed by atoms with Crippen LogP contribution < -0.4 is 10.6 Å². The van der Waals surface area contributed by atoms with E-state index in [-0.39, 0.29) is 24.3 Å². The molecular formula is C16H18N4O2. The molecule has 3 rings (SSSR count). The summed E-state index contributed by atoms with van der Waals surface area (Å²) in [5, 5.41) is 9.88. The van der Waals surface area contributed by atoms with Crippen LogP contribution in [-0.2, 0) is 18.4 Å². The summed E-state index contributed by atoms with van der Waals surface area (Å²) in [6.45, 7) is 2.41. The predicted molar refractivity (Wildman–Crippen MR) is 81.1 cm³/mol. The van der Waals surface area contributed by atoms with Crippen LogP contribution in [0.15, 0.2) is 30.5 Å². The smallest absolute Gasteiger partial charge is 0.252 e. The fraction of sp³-hybridized carbons (Fsp3) is 0.312. The highest BCUT2D eigenvalue weighted by Crippen LogP contribution is 2.27. The molecule has 1 aromatic heterocycles. The minimum atomic E-state index is -0.251. The summed E-state index contributed by atoms with van der Waals surface area (Å²) >= 11 is 0. The zero-order valence-corrected chi connectivity index (χ0v) is 12.6. The van der Waals surface area contributed by atoms with Crippen molar-refractivity contribution >= 4 is 11.8 Å². The van der Waals surface area contributed by atoms with Crippen molar-refractivity contribution in [1.29, 1.82) is 0 Å². The zero-order chi connectivity index (χ0) is 15.7. The van der Waals surface area contributed by atoms with Gasteiger partial charge in [0, 0.05) is 30.4 Å². The molecule has 0 bridgehead atoms. The monoisotopic (exact) mass is 298 g/mol. The summed E-state index contributed by atoms with van der Waals surface area (Å²) in [5.74, 6) is -0.207. The number of fused-ring (bicyclic) bond motifs is 1. The fourth-order valence-electron chi connectivity index (χ4n) is 2.65. The molecule has 1 atom stereocenters. The van der Waals surface area contributed by atoms with Gasteiger partial charge in [-0.2, -0.15) is 5.10 Å². The van der Waals surface area contributed by atoms with Gasteiger partial charge in [0.1, 0.15) is 0 Å². The number of rotatable bonds is 4. The molecule has 0 saturated heterocycles. The Morgan fingerprint density at radius 1 is 1.41 bits per heavy atom. The van der Waals surface area contributed by atoms with E-state index in [4.69, 9.17) is 0 Å². The van der Waals surface area contributed by atoms with Gasteiger partial charge in [0.2, 0.25) is 5.91 Å². The van der Waals surface area contributed by atoms with E-state index >= 15 is 0 Å². The predicted octanol–water partition coefficient (Wildman–Crippen LogP) is 1.22. The molecule has 6 nitrogen and oxygen atoms in total. The normalized spacial score (nSPS) is 16.3. The maximum atomic E-state index is 12.1. The molecule has 1 unspecified atom stereocenters. The number of aromatic nitrogens is 2. The highest BCUT2D eigenvalue weighted by Gasteiger charge is 2.29. The Morgan fingerprint density at radius 3 is 2.91 bits per heavy atom. The highest BCUT2D eigenvalue weighted by molar-refractivity contribution is 5.99. The van der Waals surface area contributed by atoms with Crippen molar-refractivity contribution < 1.29 is 9.59 Å². The number of nitrogens with zero attached hydrogens (tertiary/aromatic N) is 2. The first-order valence-electron chi connectivity index (χ1n) is 7.20. The van der Waals surface area contributed by atoms with E-state index in [1.165, 1.54) is 0 Å². The summed E-state index contributed by atoms with van der Waals surface area (Å²) < 4.78 is 1.77. The Hall–Kier alpha value is -2.63. The molecule has 0 spiro atoms. The van der Waals surface area contributed by atoms with Gasteiger partial charge >= 0.3 is 0 Å². The van der Waals surface area contributed by atoms with Crippen LogP contribution >= 0.6 is 0 Å². The number of carbonyl (C=O) groups is 2.